The van der Waals surface area contributed by atoms with E-state index < -0.39 is 5.97 Å². The summed E-state index contributed by atoms with van der Waals surface area (Å²) in [5.41, 5.74) is 2.28. The van der Waals surface area contributed by atoms with Crippen LogP contribution in [-0.4, -0.2) is 31.7 Å². The molecular formula is C21H19ClN4O4. The van der Waals surface area contributed by atoms with Crippen LogP contribution < -0.4 is 10.3 Å². The van der Waals surface area contributed by atoms with E-state index in [4.69, 9.17) is 21.1 Å². The van der Waals surface area contributed by atoms with Gasteiger partial charge in [0.1, 0.15) is 5.75 Å². The molecule has 8 nitrogen and oxygen atoms in total. The van der Waals surface area contributed by atoms with E-state index in [0.717, 1.165) is 11.1 Å². The Morgan fingerprint density at radius 2 is 1.93 bits per heavy atom. The lowest BCUT2D eigenvalue weighted by atomic mass is 10.1. The zero-order chi connectivity index (χ0) is 21.4. The van der Waals surface area contributed by atoms with E-state index in [-0.39, 0.29) is 18.8 Å². The first-order valence-corrected chi connectivity index (χ1v) is 9.61. The molecule has 0 fully saturated rings. The number of fused-ring (bicyclic) bond motifs is 3. The maximum Gasteiger partial charge on any atom is 0.344 e. The van der Waals surface area contributed by atoms with Crippen molar-refractivity contribution in [1.82, 2.24) is 19.2 Å². The van der Waals surface area contributed by atoms with Crippen molar-refractivity contribution in [2.75, 3.05) is 6.61 Å². The lowest BCUT2D eigenvalue weighted by Crippen LogP contribution is -2.21. The number of nitrogens with zero attached hydrogens (tertiary/aromatic N) is 4. The van der Waals surface area contributed by atoms with Gasteiger partial charge in [-0.25, -0.2) is 4.79 Å². The number of carbonyl (C=O) groups is 1. The first kappa shape index (κ1) is 19.9. The molecule has 0 unspecified atom stereocenters. The third-order valence-electron chi connectivity index (χ3n) is 4.79. The number of aromatic nitrogens is 4. The van der Waals surface area contributed by atoms with Crippen LogP contribution in [0.4, 0.5) is 0 Å². The number of halogens is 1. The smallest absolute Gasteiger partial charge is 0.344 e. The fourth-order valence-corrected chi connectivity index (χ4v) is 3.48. The molecule has 0 N–H and O–H groups in total. The predicted octanol–water partition coefficient (Wildman–Crippen LogP) is 2.97. The minimum absolute atomic E-state index is 0.107. The molecule has 0 aliphatic heterocycles. The molecule has 0 aliphatic carbocycles. The van der Waals surface area contributed by atoms with Gasteiger partial charge in [-0.3, -0.25) is 13.8 Å². The standard InChI is InChI=1S/C21H19ClN4O4/c1-12-4-6-16-15(8-12)20(28)25(3)21-24-23-18(26(16)21)10-30-19(27)11-29-17-7-5-14(22)9-13(17)2/h4-9H,10-11H2,1-3H3. The molecule has 0 radical (unpaired) electrons. The van der Waals surface area contributed by atoms with Crippen LogP contribution in [0, 0.1) is 13.8 Å². The van der Waals surface area contributed by atoms with Crippen molar-refractivity contribution in [3.63, 3.8) is 0 Å². The van der Waals surface area contributed by atoms with Gasteiger partial charge in [-0.15, -0.1) is 10.2 Å². The van der Waals surface area contributed by atoms with Gasteiger partial charge in [0.05, 0.1) is 10.9 Å². The van der Waals surface area contributed by atoms with Gasteiger partial charge in [0, 0.05) is 12.1 Å². The summed E-state index contributed by atoms with van der Waals surface area (Å²) in [5.74, 6) is 0.785. The summed E-state index contributed by atoms with van der Waals surface area (Å²) in [6.07, 6.45) is 0. The number of aryl methyl sites for hydroxylation is 3. The molecule has 0 saturated carbocycles. The highest BCUT2D eigenvalue weighted by Gasteiger charge is 2.16. The van der Waals surface area contributed by atoms with Gasteiger partial charge in [-0.05, 0) is 49.7 Å². The van der Waals surface area contributed by atoms with Gasteiger partial charge in [0.25, 0.3) is 5.56 Å². The summed E-state index contributed by atoms with van der Waals surface area (Å²) in [6.45, 7) is 3.40. The molecule has 0 bridgehead atoms. The van der Waals surface area contributed by atoms with E-state index in [9.17, 15) is 9.59 Å². The van der Waals surface area contributed by atoms with Gasteiger partial charge in [0.15, 0.2) is 19.0 Å². The molecule has 0 saturated heterocycles. The zero-order valence-corrected chi connectivity index (χ0v) is 17.4. The summed E-state index contributed by atoms with van der Waals surface area (Å²) in [6, 6.07) is 10.7. The summed E-state index contributed by atoms with van der Waals surface area (Å²) >= 11 is 5.92. The largest absolute Gasteiger partial charge is 0.482 e. The van der Waals surface area contributed by atoms with Crippen LogP contribution in [-0.2, 0) is 23.2 Å². The normalized spacial score (nSPS) is 11.2. The van der Waals surface area contributed by atoms with Gasteiger partial charge in [-0.1, -0.05) is 23.2 Å². The average Bonchev–Trinajstić information content (AvgIpc) is 3.14. The average molecular weight is 427 g/mol. The van der Waals surface area contributed by atoms with Crippen molar-refractivity contribution in [1.29, 1.82) is 0 Å². The lowest BCUT2D eigenvalue weighted by Gasteiger charge is -2.10. The van der Waals surface area contributed by atoms with E-state index in [1.54, 1.807) is 29.6 Å². The third-order valence-corrected chi connectivity index (χ3v) is 5.02. The fraction of sp³-hybridized carbons (Fsp3) is 0.238. The number of hydrogen-bond acceptors (Lipinski definition) is 6. The summed E-state index contributed by atoms with van der Waals surface area (Å²) in [4.78, 5) is 24.8. The van der Waals surface area contributed by atoms with Crippen LogP contribution in [0.3, 0.4) is 0 Å². The Morgan fingerprint density at radius 1 is 1.13 bits per heavy atom. The topological polar surface area (TPSA) is 87.7 Å². The quantitative estimate of drug-likeness (QED) is 0.456. The van der Waals surface area contributed by atoms with Crippen LogP contribution in [0.15, 0.2) is 41.2 Å². The van der Waals surface area contributed by atoms with E-state index >= 15 is 0 Å². The Bertz CT molecular complexity index is 1340. The molecule has 0 spiro atoms. The van der Waals surface area contributed by atoms with Gasteiger partial charge >= 0.3 is 5.97 Å². The first-order chi connectivity index (χ1) is 14.3. The molecule has 2 aromatic heterocycles. The monoisotopic (exact) mass is 426 g/mol. The number of ether oxygens (including phenoxy) is 2. The summed E-state index contributed by atoms with van der Waals surface area (Å²) < 4.78 is 14.0. The summed E-state index contributed by atoms with van der Waals surface area (Å²) in [7, 11) is 1.63. The van der Waals surface area contributed by atoms with E-state index in [2.05, 4.69) is 10.2 Å². The second-order valence-electron chi connectivity index (χ2n) is 7.00. The Hall–Kier alpha value is -3.39. The molecule has 4 aromatic rings. The number of hydrogen-bond donors (Lipinski definition) is 0. The summed E-state index contributed by atoms with van der Waals surface area (Å²) in [5, 5.41) is 9.32. The zero-order valence-electron chi connectivity index (χ0n) is 16.7. The third kappa shape index (κ3) is 3.61. The van der Waals surface area contributed by atoms with Crippen molar-refractivity contribution < 1.29 is 14.3 Å². The number of benzene rings is 2. The minimum atomic E-state index is -0.550. The highest BCUT2D eigenvalue weighted by atomic mass is 35.5. The Kier molecular flexibility index (Phi) is 5.17. The van der Waals surface area contributed by atoms with Crippen molar-refractivity contribution in [2.24, 2.45) is 7.05 Å². The van der Waals surface area contributed by atoms with Crippen molar-refractivity contribution in [3.8, 4) is 5.75 Å². The second-order valence-corrected chi connectivity index (χ2v) is 7.43. The molecule has 0 aliphatic rings. The van der Waals surface area contributed by atoms with Crippen LogP contribution in [0.25, 0.3) is 16.7 Å². The van der Waals surface area contributed by atoms with Crippen molar-refractivity contribution in [3.05, 3.63) is 68.7 Å². The van der Waals surface area contributed by atoms with Crippen LogP contribution in [0.1, 0.15) is 17.0 Å². The molecule has 2 heterocycles. The second kappa shape index (κ2) is 7.79. The SMILES string of the molecule is Cc1ccc2c(c1)c(=O)n(C)c1nnc(COC(=O)COc3ccc(Cl)cc3C)n21. The van der Waals surface area contributed by atoms with E-state index in [1.807, 2.05) is 32.0 Å². The lowest BCUT2D eigenvalue weighted by molar-refractivity contribution is -0.147. The van der Waals surface area contributed by atoms with Crippen LogP contribution in [0.2, 0.25) is 5.02 Å². The van der Waals surface area contributed by atoms with Crippen molar-refractivity contribution in [2.45, 2.75) is 20.5 Å². The Balaban J connectivity index is 1.55. The Morgan fingerprint density at radius 3 is 2.70 bits per heavy atom. The van der Waals surface area contributed by atoms with Crippen LogP contribution in [0.5, 0.6) is 5.75 Å². The van der Waals surface area contributed by atoms with E-state index in [1.165, 1.54) is 4.57 Å². The maximum absolute atomic E-state index is 12.6. The number of rotatable bonds is 5. The molecule has 0 amide bonds. The van der Waals surface area contributed by atoms with Gasteiger partial charge < -0.3 is 9.47 Å². The molecule has 30 heavy (non-hydrogen) atoms. The number of esters is 1. The maximum atomic E-state index is 12.6. The molecule has 0 atom stereocenters. The molecule has 4 rings (SSSR count). The van der Waals surface area contributed by atoms with Crippen LogP contribution >= 0.6 is 11.6 Å². The van der Waals surface area contributed by atoms with Gasteiger partial charge in [0.2, 0.25) is 5.78 Å². The molecule has 9 heteroatoms. The molecule has 2 aromatic carbocycles. The number of carbonyl (C=O) groups excluding carboxylic acids is 1. The molecule has 154 valence electrons. The highest BCUT2D eigenvalue weighted by molar-refractivity contribution is 6.30. The highest BCUT2D eigenvalue weighted by Crippen LogP contribution is 2.22. The van der Waals surface area contributed by atoms with E-state index in [0.29, 0.717) is 33.3 Å². The first-order valence-electron chi connectivity index (χ1n) is 9.23. The van der Waals surface area contributed by atoms with Crippen molar-refractivity contribution >= 4 is 34.3 Å². The van der Waals surface area contributed by atoms with Gasteiger partial charge in [-0.2, -0.15) is 0 Å². The Labute approximate surface area is 176 Å². The minimum Gasteiger partial charge on any atom is -0.482 e. The predicted molar refractivity (Wildman–Crippen MR) is 112 cm³/mol. The molecular weight excluding hydrogens is 408 g/mol. The fourth-order valence-electron chi connectivity index (χ4n) is 3.25.